The summed E-state index contributed by atoms with van der Waals surface area (Å²) in [7, 11) is 0. The molecule has 0 spiro atoms. The summed E-state index contributed by atoms with van der Waals surface area (Å²) >= 11 is 0. The predicted octanol–water partition coefficient (Wildman–Crippen LogP) is 4.69. The van der Waals surface area contributed by atoms with Gasteiger partial charge in [-0.2, -0.15) is 0 Å². The maximum atomic E-state index is 9.60. The van der Waals surface area contributed by atoms with Crippen molar-refractivity contribution in [3.8, 4) is 11.1 Å². The van der Waals surface area contributed by atoms with Gasteiger partial charge in [-0.3, -0.25) is 0 Å². The SMILES string of the molecule is OC[C@H]1CC[C@@H]2O[C@H](CCc3ccc(-c4ccccc4)cc3)[C@H](n3cc(C4CC4)nn3)C[C@@H]2O1. The van der Waals surface area contributed by atoms with Crippen LogP contribution in [-0.4, -0.2) is 51.1 Å². The molecule has 1 saturated carbocycles. The van der Waals surface area contributed by atoms with Crippen LogP contribution in [0.15, 0.2) is 60.8 Å². The largest absolute Gasteiger partial charge is 0.394 e. The van der Waals surface area contributed by atoms with Crippen LogP contribution in [0.4, 0.5) is 0 Å². The molecule has 34 heavy (non-hydrogen) atoms. The van der Waals surface area contributed by atoms with Gasteiger partial charge < -0.3 is 14.6 Å². The van der Waals surface area contributed by atoms with Crippen molar-refractivity contribution in [3.05, 3.63) is 72.1 Å². The van der Waals surface area contributed by atoms with Crippen molar-refractivity contribution in [1.82, 2.24) is 15.0 Å². The average Bonchev–Trinajstić information content (AvgIpc) is 3.64. The Morgan fingerprint density at radius 3 is 2.44 bits per heavy atom. The molecular weight excluding hydrogens is 426 g/mol. The maximum absolute atomic E-state index is 9.60. The van der Waals surface area contributed by atoms with Gasteiger partial charge in [0.05, 0.1) is 42.8 Å². The van der Waals surface area contributed by atoms with Crippen molar-refractivity contribution in [3.63, 3.8) is 0 Å². The molecule has 2 saturated heterocycles. The first-order valence-electron chi connectivity index (χ1n) is 12.7. The van der Waals surface area contributed by atoms with Gasteiger partial charge >= 0.3 is 0 Å². The lowest BCUT2D eigenvalue weighted by molar-refractivity contribution is -0.209. The van der Waals surface area contributed by atoms with Gasteiger partial charge in [-0.25, -0.2) is 4.68 Å². The Morgan fingerprint density at radius 1 is 0.882 bits per heavy atom. The summed E-state index contributed by atoms with van der Waals surface area (Å²) in [4.78, 5) is 0. The Hall–Kier alpha value is -2.54. The molecular formula is C28H33N3O3. The van der Waals surface area contributed by atoms with Crippen LogP contribution in [0.2, 0.25) is 0 Å². The molecule has 1 aliphatic carbocycles. The van der Waals surface area contributed by atoms with Gasteiger partial charge in [0.1, 0.15) is 0 Å². The minimum absolute atomic E-state index is 0.00545. The highest BCUT2D eigenvalue weighted by Gasteiger charge is 2.43. The molecule has 0 bridgehead atoms. The minimum atomic E-state index is -0.0806. The first-order valence-corrected chi connectivity index (χ1v) is 12.7. The predicted molar refractivity (Wildman–Crippen MR) is 129 cm³/mol. The second kappa shape index (κ2) is 9.61. The fraction of sp³-hybridized carbons (Fsp3) is 0.500. The first kappa shape index (κ1) is 22.0. The molecule has 1 N–H and O–H groups in total. The van der Waals surface area contributed by atoms with Crippen LogP contribution in [0.25, 0.3) is 11.1 Å². The number of nitrogens with zero attached hydrogens (tertiary/aromatic N) is 3. The number of aliphatic hydroxyl groups is 1. The van der Waals surface area contributed by atoms with E-state index in [2.05, 4.69) is 65.0 Å². The normalized spacial score (nSPS) is 29.0. The third-order valence-electron chi connectivity index (χ3n) is 7.65. The van der Waals surface area contributed by atoms with E-state index in [0.29, 0.717) is 5.92 Å². The zero-order valence-corrected chi connectivity index (χ0v) is 19.5. The third-order valence-corrected chi connectivity index (χ3v) is 7.65. The van der Waals surface area contributed by atoms with Gasteiger partial charge in [0.2, 0.25) is 0 Å². The minimum Gasteiger partial charge on any atom is -0.394 e. The van der Waals surface area contributed by atoms with Crippen molar-refractivity contribution in [2.75, 3.05) is 6.61 Å². The molecule has 2 aromatic carbocycles. The lowest BCUT2D eigenvalue weighted by atomic mass is 9.88. The summed E-state index contributed by atoms with van der Waals surface area (Å²) < 4.78 is 14.9. The molecule has 0 unspecified atom stereocenters. The molecule has 0 radical (unpaired) electrons. The molecule has 6 rings (SSSR count). The molecule has 2 aliphatic heterocycles. The van der Waals surface area contributed by atoms with E-state index in [-0.39, 0.29) is 37.1 Å². The molecule has 3 heterocycles. The summed E-state index contributed by atoms with van der Waals surface area (Å²) in [6.07, 6.45) is 9.18. The van der Waals surface area contributed by atoms with Crippen LogP contribution in [0.5, 0.6) is 0 Å². The lowest BCUT2D eigenvalue weighted by Crippen LogP contribution is -2.51. The number of aliphatic hydroxyl groups excluding tert-OH is 1. The Balaban J connectivity index is 1.17. The van der Waals surface area contributed by atoms with Crippen LogP contribution >= 0.6 is 0 Å². The molecule has 6 nitrogen and oxygen atoms in total. The van der Waals surface area contributed by atoms with Crippen molar-refractivity contribution >= 4 is 0 Å². The summed E-state index contributed by atoms with van der Waals surface area (Å²) in [5.74, 6) is 0.581. The highest BCUT2D eigenvalue weighted by Crippen LogP contribution is 2.41. The summed E-state index contributed by atoms with van der Waals surface area (Å²) in [6, 6.07) is 19.5. The monoisotopic (exact) mass is 459 g/mol. The van der Waals surface area contributed by atoms with Gasteiger partial charge in [0.25, 0.3) is 0 Å². The summed E-state index contributed by atoms with van der Waals surface area (Å²) in [5.41, 5.74) is 4.91. The third kappa shape index (κ3) is 4.67. The van der Waals surface area contributed by atoms with E-state index < -0.39 is 0 Å². The van der Waals surface area contributed by atoms with Gasteiger partial charge in [0, 0.05) is 18.5 Å². The molecule has 5 atom stereocenters. The molecule has 1 aromatic heterocycles. The Bertz CT molecular complexity index is 1080. The Labute approximate surface area is 200 Å². The first-order chi connectivity index (χ1) is 16.8. The number of rotatable bonds is 7. The molecule has 6 heteroatoms. The van der Waals surface area contributed by atoms with Crippen molar-refractivity contribution in [2.24, 2.45) is 0 Å². The number of fused-ring (bicyclic) bond motifs is 1. The van der Waals surface area contributed by atoms with Gasteiger partial charge in [-0.05, 0) is 55.2 Å². The number of aryl methyl sites for hydroxylation is 1. The molecule has 3 aliphatic rings. The number of hydrogen-bond acceptors (Lipinski definition) is 5. The Morgan fingerprint density at radius 2 is 1.68 bits per heavy atom. The van der Waals surface area contributed by atoms with E-state index in [1.165, 1.54) is 29.5 Å². The zero-order valence-electron chi connectivity index (χ0n) is 19.5. The second-order valence-electron chi connectivity index (χ2n) is 10.1. The van der Waals surface area contributed by atoms with Gasteiger partial charge in [-0.1, -0.05) is 59.8 Å². The van der Waals surface area contributed by atoms with E-state index in [4.69, 9.17) is 9.47 Å². The Kier molecular flexibility index (Phi) is 6.20. The van der Waals surface area contributed by atoms with Crippen LogP contribution in [0, 0.1) is 0 Å². The fourth-order valence-electron chi connectivity index (χ4n) is 5.50. The number of hydrogen-bond donors (Lipinski definition) is 1. The molecule has 3 fully saturated rings. The van der Waals surface area contributed by atoms with Crippen LogP contribution in [0.1, 0.15) is 61.7 Å². The quantitative estimate of drug-likeness (QED) is 0.555. The van der Waals surface area contributed by atoms with Gasteiger partial charge in [-0.15, -0.1) is 5.10 Å². The molecule has 0 amide bonds. The van der Waals surface area contributed by atoms with Gasteiger partial charge in [0.15, 0.2) is 0 Å². The van der Waals surface area contributed by atoms with E-state index in [0.717, 1.165) is 37.8 Å². The van der Waals surface area contributed by atoms with Crippen molar-refractivity contribution < 1.29 is 14.6 Å². The van der Waals surface area contributed by atoms with Crippen LogP contribution in [-0.2, 0) is 15.9 Å². The second-order valence-corrected chi connectivity index (χ2v) is 10.1. The van der Waals surface area contributed by atoms with Crippen LogP contribution < -0.4 is 0 Å². The highest BCUT2D eigenvalue weighted by atomic mass is 16.6. The van der Waals surface area contributed by atoms with E-state index >= 15 is 0 Å². The zero-order chi connectivity index (χ0) is 22.9. The van der Waals surface area contributed by atoms with E-state index in [9.17, 15) is 5.11 Å². The number of benzene rings is 2. The highest BCUT2D eigenvalue weighted by molar-refractivity contribution is 5.63. The van der Waals surface area contributed by atoms with E-state index in [1.807, 2.05) is 10.7 Å². The smallest absolute Gasteiger partial charge is 0.0863 e. The van der Waals surface area contributed by atoms with E-state index in [1.54, 1.807) is 0 Å². The molecule has 3 aromatic rings. The van der Waals surface area contributed by atoms with Crippen LogP contribution in [0.3, 0.4) is 0 Å². The topological polar surface area (TPSA) is 69.4 Å². The maximum Gasteiger partial charge on any atom is 0.0863 e. The van der Waals surface area contributed by atoms with Crippen molar-refractivity contribution in [2.45, 2.75) is 81.3 Å². The van der Waals surface area contributed by atoms with Crippen molar-refractivity contribution in [1.29, 1.82) is 0 Å². The summed E-state index contributed by atoms with van der Waals surface area (Å²) in [5, 5.41) is 18.6. The average molecular weight is 460 g/mol. The standard InChI is InChI=1S/C28H33N3O3/c32-18-23-13-15-27-28(33-23)16-25(31-17-24(29-30-31)22-11-12-22)26(34-27)14-8-19-6-9-21(10-7-19)20-4-2-1-3-5-20/h1-7,9-10,17,22-23,25-28,32H,8,11-16,18H2/t23-,25-,26-,27+,28+/m1/s1. The fourth-order valence-corrected chi connectivity index (χ4v) is 5.50. The lowest BCUT2D eigenvalue weighted by Gasteiger charge is -2.45. The number of ether oxygens (including phenoxy) is 2. The molecule has 178 valence electrons. The summed E-state index contributed by atoms with van der Waals surface area (Å²) in [6.45, 7) is 0.0748. The number of aromatic nitrogens is 3.